The van der Waals surface area contributed by atoms with Crippen LogP contribution in [0.15, 0.2) is 79.6 Å². The zero-order valence-corrected chi connectivity index (χ0v) is 25.5. The predicted octanol–water partition coefficient (Wildman–Crippen LogP) is 6.41. The highest BCUT2D eigenvalue weighted by atomic mass is 19.1. The van der Waals surface area contributed by atoms with Crippen LogP contribution in [0.3, 0.4) is 0 Å². The van der Waals surface area contributed by atoms with Gasteiger partial charge in [-0.3, -0.25) is 9.63 Å². The van der Waals surface area contributed by atoms with E-state index in [1.807, 2.05) is 37.3 Å². The first-order valence-corrected chi connectivity index (χ1v) is 14.9. The average molecular weight is 629 g/mol. The summed E-state index contributed by atoms with van der Waals surface area (Å²) in [5, 5.41) is 7.93. The van der Waals surface area contributed by atoms with Gasteiger partial charge in [0, 0.05) is 37.7 Å². The Kier molecular flexibility index (Phi) is 9.08. The van der Waals surface area contributed by atoms with Gasteiger partial charge in [-0.1, -0.05) is 24.8 Å². The van der Waals surface area contributed by atoms with E-state index in [-0.39, 0.29) is 18.1 Å². The Morgan fingerprint density at radius 1 is 1.04 bits per heavy atom. The topological polar surface area (TPSA) is 101 Å². The van der Waals surface area contributed by atoms with Crippen LogP contribution >= 0.6 is 0 Å². The van der Waals surface area contributed by atoms with Gasteiger partial charge < -0.3 is 25.0 Å². The van der Waals surface area contributed by atoms with E-state index < -0.39 is 11.6 Å². The fourth-order valence-electron chi connectivity index (χ4n) is 5.74. The summed E-state index contributed by atoms with van der Waals surface area (Å²) in [6, 6.07) is 16.2. The summed E-state index contributed by atoms with van der Waals surface area (Å²) in [6.45, 7) is 7.93. The second kappa shape index (κ2) is 13.5. The molecule has 2 atom stereocenters. The number of morpholine rings is 1. The van der Waals surface area contributed by atoms with E-state index in [0.717, 1.165) is 17.3 Å². The number of aromatic nitrogens is 2. The quantitative estimate of drug-likeness (QED) is 0.204. The van der Waals surface area contributed by atoms with Gasteiger partial charge in [0.05, 0.1) is 49.5 Å². The lowest BCUT2D eigenvalue weighted by Gasteiger charge is -2.34. The van der Waals surface area contributed by atoms with Crippen molar-refractivity contribution in [1.82, 2.24) is 9.97 Å². The van der Waals surface area contributed by atoms with Crippen LogP contribution in [0.4, 0.5) is 37.5 Å². The molecule has 12 heteroatoms. The molecule has 0 bridgehead atoms. The number of carbonyl (C=O) groups excluding carboxylic acids is 1. The van der Waals surface area contributed by atoms with Crippen LogP contribution in [-0.4, -0.2) is 55.4 Å². The van der Waals surface area contributed by atoms with Crippen LogP contribution in [0.5, 0.6) is 5.75 Å². The SMILES string of the molecule is C=CC(=O)Nc1cc(Nc2cc(N3OCC[C@@H]3c3cccc(-c4cc(F)cc(F)c4)c3)ncn2)c(OC)cc1N1CCO[C@H](C)C1. The number of nitrogens with one attached hydrogen (secondary N) is 2. The molecule has 2 aliphatic heterocycles. The van der Waals surface area contributed by atoms with Crippen LogP contribution in [0.2, 0.25) is 0 Å². The lowest BCUT2D eigenvalue weighted by molar-refractivity contribution is -0.111. The Balaban J connectivity index is 1.28. The number of rotatable bonds is 9. The molecular weight excluding hydrogens is 594 g/mol. The molecule has 1 aromatic heterocycles. The summed E-state index contributed by atoms with van der Waals surface area (Å²) in [5.74, 6) is -0.0805. The van der Waals surface area contributed by atoms with Crippen molar-refractivity contribution < 1.29 is 27.9 Å². The first-order valence-electron chi connectivity index (χ1n) is 14.9. The Hall–Kier alpha value is -5.07. The molecular formula is C34H34F2N6O4. The Morgan fingerprint density at radius 3 is 2.63 bits per heavy atom. The zero-order valence-electron chi connectivity index (χ0n) is 25.5. The predicted molar refractivity (Wildman–Crippen MR) is 172 cm³/mol. The van der Waals surface area contributed by atoms with Crippen molar-refractivity contribution in [1.29, 1.82) is 0 Å². The maximum absolute atomic E-state index is 13.9. The van der Waals surface area contributed by atoms with Crippen molar-refractivity contribution in [2.75, 3.05) is 54.0 Å². The largest absolute Gasteiger partial charge is 0.494 e. The molecule has 3 aromatic carbocycles. The maximum atomic E-state index is 13.9. The molecule has 0 aliphatic carbocycles. The van der Waals surface area contributed by atoms with Gasteiger partial charge in [0.2, 0.25) is 5.91 Å². The van der Waals surface area contributed by atoms with E-state index in [2.05, 4.69) is 32.1 Å². The van der Waals surface area contributed by atoms with Crippen LogP contribution < -0.4 is 25.3 Å². The van der Waals surface area contributed by atoms with E-state index in [9.17, 15) is 13.6 Å². The van der Waals surface area contributed by atoms with Crippen molar-refractivity contribution in [3.63, 3.8) is 0 Å². The minimum atomic E-state index is -0.635. The molecule has 2 N–H and O–H groups in total. The van der Waals surface area contributed by atoms with Crippen molar-refractivity contribution in [2.45, 2.75) is 25.5 Å². The minimum Gasteiger partial charge on any atom is -0.494 e. The summed E-state index contributed by atoms with van der Waals surface area (Å²) >= 11 is 0. The van der Waals surface area contributed by atoms with Gasteiger partial charge in [0.15, 0.2) is 5.82 Å². The second-order valence-electron chi connectivity index (χ2n) is 11.0. The molecule has 10 nitrogen and oxygen atoms in total. The number of carbonyl (C=O) groups is 1. The first-order chi connectivity index (χ1) is 22.3. The number of hydrogen-bond donors (Lipinski definition) is 2. The van der Waals surface area contributed by atoms with Crippen LogP contribution in [0.25, 0.3) is 11.1 Å². The van der Waals surface area contributed by atoms with Gasteiger partial charge in [-0.15, -0.1) is 0 Å². The van der Waals surface area contributed by atoms with Crippen molar-refractivity contribution in [3.8, 4) is 16.9 Å². The van der Waals surface area contributed by atoms with Gasteiger partial charge in [-0.05, 0) is 54.0 Å². The molecule has 0 unspecified atom stereocenters. The smallest absolute Gasteiger partial charge is 0.247 e. The van der Waals surface area contributed by atoms with Gasteiger partial charge in [-0.2, -0.15) is 0 Å². The molecule has 6 rings (SSSR count). The molecule has 3 heterocycles. The summed E-state index contributed by atoms with van der Waals surface area (Å²) in [4.78, 5) is 29.4. The number of ether oxygens (including phenoxy) is 2. The molecule has 2 saturated heterocycles. The molecule has 0 radical (unpaired) electrons. The van der Waals surface area contributed by atoms with Gasteiger partial charge in [0.1, 0.15) is 29.5 Å². The third kappa shape index (κ3) is 6.77. The number of benzene rings is 3. The molecule has 2 fully saturated rings. The summed E-state index contributed by atoms with van der Waals surface area (Å²) < 4.78 is 39.3. The highest BCUT2D eigenvalue weighted by Gasteiger charge is 2.30. The van der Waals surface area contributed by atoms with E-state index in [4.69, 9.17) is 14.3 Å². The van der Waals surface area contributed by atoms with Gasteiger partial charge in [0.25, 0.3) is 0 Å². The molecule has 2 aliphatic rings. The highest BCUT2D eigenvalue weighted by Crippen LogP contribution is 2.40. The number of methoxy groups -OCH3 is 1. The molecule has 46 heavy (non-hydrogen) atoms. The minimum absolute atomic E-state index is 0.0309. The average Bonchev–Trinajstić information content (AvgIpc) is 3.55. The third-order valence-electron chi connectivity index (χ3n) is 7.86. The Labute approximate surface area is 265 Å². The monoisotopic (exact) mass is 628 g/mol. The molecule has 4 aromatic rings. The summed E-state index contributed by atoms with van der Waals surface area (Å²) in [5.41, 5.74) is 4.00. The molecule has 0 saturated carbocycles. The molecule has 1 amide bonds. The molecule has 238 valence electrons. The fourth-order valence-corrected chi connectivity index (χ4v) is 5.74. The van der Waals surface area contributed by atoms with Crippen molar-refractivity contribution in [3.05, 3.63) is 96.8 Å². The number of nitrogens with zero attached hydrogens (tertiary/aromatic N) is 4. The number of hydrogen-bond acceptors (Lipinski definition) is 9. The highest BCUT2D eigenvalue weighted by molar-refractivity contribution is 6.02. The maximum Gasteiger partial charge on any atom is 0.247 e. The normalized spacial score (nSPS) is 17.9. The summed E-state index contributed by atoms with van der Waals surface area (Å²) in [7, 11) is 1.58. The molecule has 0 spiro atoms. The Morgan fingerprint density at radius 2 is 1.87 bits per heavy atom. The number of halogens is 2. The van der Waals surface area contributed by atoms with Crippen LogP contribution in [0, 0.1) is 11.6 Å². The zero-order chi connectivity index (χ0) is 32.2. The third-order valence-corrected chi connectivity index (χ3v) is 7.86. The van der Waals surface area contributed by atoms with Gasteiger partial charge in [-0.25, -0.2) is 23.8 Å². The fraction of sp³-hybridized carbons (Fsp3) is 0.265. The van der Waals surface area contributed by atoms with Crippen LogP contribution in [0.1, 0.15) is 24.9 Å². The lowest BCUT2D eigenvalue weighted by atomic mass is 9.98. The first kappa shape index (κ1) is 30.9. The van der Waals surface area contributed by atoms with Crippen molar-refractivity contribution in [2.24, 2.45) is 0 Å². The summed E-state index contributed by atoms with van der Waals surface area (Å²) in [6.07, 6.45) is 3.36. The van der Waals surface area contributed by atoms with E-state index in [1.165, 1.54) is 24.5 Å². The number of anilines is 5. The van der Waals surface area contributed by atoms with E-state index in [1.54, 1.807) is 24.3 Å². The number of amides is 1. The van der Waals surface area contributed by atoms with E-state index in [0.29, 0.717) is 72.6 Å². The van der Waals surface area contributed by atoms with Crippen molar-refractivity contribution >= 4 is 34.6 Å². The number of hydroxylamine groups is 1. The standard InChI is InChI=1S/C34H34F2N6O4/c1-4-34(43)40-27-16-28(31(44-3)17-30(27)41-9-11-45-21(2)19-41)39-32-18-33(38-20-37-32)42-29(8-10-46-42)23-7-5-6-22(12-23)24-13-25(35)15-26(36)14-24/h4-7,12-18,20-21,29H,1,8-11,19H2,2-3H3,(H,40,43)(H,37,38,39)/t21-,29-/m1/s1. The van der Waals surface area contributed by atoms with E-state index >= 15 is 0 Å². The lowest BCUT2D eigenvalue weighted by Crippen LogP contribution is -2.41. The van der Waals surface area contributed by atoms with Gasteiger partial charge >= 0.3 is 0 Å². The van der Waals surface area contributed by atoms with Crippen LogP contribution in [-0.2, 0) is 14.4 Å². The second-order valence-corrected chi connectivity index (χ2v) is 11.0. The Bertz CT molecular complexity index is 1730.